The molecule has 114 valence electrons. The van der Waals surface area contributed by atoms with E-state index in [1.807, 2.05) is 0 Å². The van der Waals surface area contributed by atoms with Gasteiger partial charge in [-0.05, 0) is 43.4 Å². The van der Waals surface area contributed by atoms with Gasteiger partial charge in [-0.25, -0.2) is 4.39 Å². The highest BCUT2D eigenvalue weighted by atomic mass is 19.1. The zero-order valence-corrected chi connectivity index (χ0v) is 11.9. The number of nitrogens with zero attached hydrogens (tertiary/aromatic N) is 1. The maximum Gasteiger partial charge on any atom is 0.313 e. The largest absolute Gasteiger partial charge is 0.396 e. The molecule has 6 heteroatoms. The summed E-state index contributed by atoms with van der Waals surface area (Å²) >= 11 is 0. The number of carbonyl (C=O) groups excluding carboxylic acids is 2. The molecule has 0 spiro atoms. The van der Waals surface area contributed by atoms with Crippen LogP contribution in [0, 0.1) is 18.7 Å². The predicted octanol–water partition coefficient (Wildman–Crippen LogP) is 1.30. The van der Waals surface area contributed by atoms with Gasteiger partial charge in [0.2, 0.25) is 0 Å². The van der Waals surface area contributed by atoms with E-state index in [0.29, 0.717) is 37.2 Å². The summed E-state index contributed by atoms with van der Waals surface area (Å²) < 4.78 is 13.2. The molecule has 5 nitrogen and oxygen atoms in total. The van der Waals surface area contributed by atoms with E-state index in [1.165, 1.54) is 17.0 Å². The minimum atomic E-state index is -0.758. The van der Waals surface area contributed by atoms with Crippen molar-refractivity contribution in [3.63, 3.8) is 0 Å². The molecular weight excluding hydrogens is 275 g/mol. The van der Waals surface area contributed by atoms with Gasteiger partial charge in [-0.1, -0.05) is 6.07 Å². The smallest absolute Gasteiger partial charge is 0.313 e. The highest BCUT2D eigenvalue weighted by molar-refractivity contribution is 6.39. The number of rotatable bonds is 2. The standard InChI is InChI=1S/C15H19FN2O3/c1-10-2-3-12(16)8-13(10)17-14(20)15(21)18-6-4-11(9-19)5-7-18/h2-3,8,11,19H,4-7,9H2,1H3,(H,17,20). The first-order valence-electron chi connectivity index (χ1n) is 6.98. The quantitative estimate of drug-likeness (QED) is 0.808. The Labute approximate surface area is 122 Å². The molecule has 1 aliphatic heterocycles. The molecule has 0 bridgehead atoms. The number of amides is 2. The number of piperidine rings is 1. The Bertz CT molecular complexity index is 540. The average Bonchev–Trinajstić information content (AvgIpc) is 2.50. The van der Waals surface area contributed by atoms with Crippen LogP contribution >= 0.6 is 0 Å². The molecule has 2 amide bonds. The number of aliphatic hydroxyl groups excluding tert-OH is 1. The molecule has 0 saturated carbocycles. The van der Waals surface area contributed by atoms with Crippen LogP contribution in [-0.2, 0) is 9.59 Å². The SMILES string of the molecule is Cc1ccc(F)cc1NC(=O)C(=O)N1CCC(CO)CC1. The van der Waals surface area contributed by atoms with Crippen molar-refractivity contribution in [2.75, 3.05) is 25.0 Å². The van der Waals surface area contributed by atoms with Gasteiger partial charge in [-0.2, -0.15) is 0 Å². The number of aryl methyl sites for hydroxylation is 1. The summed E-state index contributed by atoms with van der Waals surface area (Å²) in [4.78, 5) is 25.5. The molecule has 2 N–H and O–H groups in total. The molecule has 1 aliphatic rings. The van der Waals surface area contributed by atoms with Gasteiger partial charge >= 0.3 is 11.8 Å². The Hall–Kier alpha value is -1.95. The zero-order chi connectivity index (χ0) is 15.4. The minimum absolute atomic E-state index is 0.108. The Morgan fingerprint density at radius 3 is 2.67 bits per heavy atom. The lowest BCUT2D eigenvalue weighted by molar-refractivity contribution is -0.144. The number of halogens is 1. The summed E-state index contributed by atoms with van der Waals surface area (Å²) in [6.07, 6.45) is 1.38. The molecule has 0 atom stereocenters. The second kappa shape index (κ2) is 6.67. The number of benzene rings is 1. The monoisotopic (exact) mass is 294 g/mol. The maximum absolute atomic E-state index is 13.2. The number of carbonyl (C=O) groups is 2. The van der Waals surface area contributed by atoms with Gasteiger partial charge in [0.05, 0.1) is 0 Å². The Kier molecular flexibility index (Phi) is 4.90. The van der Waals surface area contributed by atoms with Crippen molar-refractivity contribution < 1.29 is 19.1 Å². The van der Waals surface area contributed by atoms with Crippen LogP contribution in [0.15, 0.2) is 18.2 Å². The molecule has 1 saturated heterocycles. The van der Waals surface area contributed by atoms with Crippen molar-refractivity contribution >= 4 is 17.5 Å². The number of hydrogen-bond acceptors (Lipinski definition) is 3. The third-order valence-electron chi connectivity index (χ3n) is 3.80. The number of hydrogen-bond donors (Lipinski definition) is 2. The fraction of sp³-hybridized carbons (Fsp3) is 0.467. The van der Waals surface area contributed by atoms with Gasteiger partial charge in [0.25, 0.3) is 0 Å². The summed E-state index contributed by atoms with van der Waals surface area (Å²) in [7, 11) is 0. The van der Waals surface area contributed by atoms with Gasteiger partial charge in [0, 0.05) is 25.4 Å². The molecule has 0 unspecified atom stereocenters. The van der Waals surface area contributed by atoms with Gasteiger partial charge < -0.3 is 15.3 Å². The summed E-state index contributed by atoms with van der Waals surface area (Å²) in [5, 5.41) is 11.5. The summed E-state index contributed by atoms with van der Waals surface area (Å²) in [5.41, 5.74) is 0.995. The van der Waals surface area contributed by atoms with E-state index in [0.717, 1.165) is 0 Å². The lowest BCUT2D eigenvalue weighted by Crippen LogP contribution is -2.44. The van der Waals surface area contributed by atoms with Gasteiger partial charge in [-0.3, -0.25) is 9.59 Å². The molecular formula is C15H19FN2O3. The van der Waals surface area contributed by atoms with Crippen molar-refractivity contribution in [1.82, 2.24) is 4.90 Å². The topological polar surface area (TPSA) is 69.6 Å². The molecule has 0 aliphatic carbocycles. The van der Waals surface area contributed by atoms with E-state index >= 15 is 0 Å². The first kappa shape index (κ1) is 15.4. The fourth-order valence-corrected chi connectivity index (χ4v) is 2.37. The molecule has 0 aromatic heterocycles. The number of aliphatic hydroxyl groups is 1. The second-order valence-electron chi connectivity index (χ2n) is 5.33. The molecule has 1 heterocycles. The Balaban J connectivity index is 1.97. The van der Waals surface area contributed by atoms with E-state index in [2.05, 4.69) is 5.32 Å². The van der Waals surface area contributed by atoms with Crippen LogP contribution in [0.25, 0.3) is 0 Å². The molecule has 0 radical (unpaired) electrons. The van der Waals surface area contributed by atoms with Gasteiger partial charge in [-0.15, -0.1) is 0 Å². The van der Waals surface area contributed by atoms with Crippen LogP contribution in [0.3, 0.4) is 0 Å². The fourth-order valence-electron chi connectivity index (χ4n) is 2.37. The van der Waals surface area contributed by atoms with Crippen molar-refractivity contribution in [2.24, 2.45) is 5.92 Å². The Morgan fingerprint density at radius 2 is 2.05 bits per heavy atom. The average molecular weight is 294 g/mol. The third kappa shape index (κ3) is 3.78. The van der Waals surface area contributed by atoms with Crippen LogP contribution in [0.4, 0.5) is 10.1 Å². The first-order chi connectivity index (χ1) is 10.0. The maximum atomic E-state index is 13.2. The van der Waals surface area contributed by atoms with Crippen LogP contribution < -0.4 is 5.32 Å². The molecule has 1 aromatic rings. The molecule has 1 fully saturated rings. The number of nitrogens with one attached hydrogen (secondary N) is 1. The molecule has 21 heavy (non-hydrogen) atoms. The first-order valence-corrected chi connectivity index (χ1v) is 6.98. The lowest BCUT2D eigenvalue weighted by Gasteiger charge is -2.30. The zero-order valence-electron chi connectivity index (χ0n) is 11.9. The van der Waals surface area contributed by atoms with Crippen LogP contribution in [-0.4, -0.2) is 41.5 Å². The Morgan fingerprint density at radius 1 is 1.38 bits per heavy atom. The number of anilines is 1. The lowest BCUT2D eigenvalue weighted by atomic mass is 9.98. The third-order valence-corrected chi connectivity index (χ3v) is 3.80. The van der Waals surface area contributed by atoms with Gasteiger partial charge in [0.1, 0.15) is 5.82 Å². The van der Waals surface area contributed by atoms with Crippen LogP contribution in [0.2, 0.25) is 0 Å². The van der Waals surface area contributed by atoms with E-state index < -0.39 is 17.6 Å². The van der Waals surface area contributed by atoms with Crippen molar-refractivity contribution in [2.45, 2.75) is 19.8 Å². The summed E-state index contributed by atoms with van der Waals surface area (Å²) in [5.74, 6) is -1.64. The van der Waals surface area contributed by atoms with Crippen molar-refractivity contribution in [3.8, 4) is 0 Å². The molecule has 1 aromatic carbocycles. The predicted molar refractivity (Wildman–Crippen MR) is 76.2 cm³/mol. The van der Waals surface area contributed by atoms with Crippen LogP contribution in [0.1, 0.15) is 18.4 Å². The minimum Gasteiger partial charge on any atom is -0.396 e. The summed E-state index contributed by atoms with van der Waals surface area (Å²) in [6.45, 7) is 2.75. The van der Waals surface area contributed by atoms with Crippen molar-refractivity contribution in [1.29, 1.82) is 0 Å². The van der Waals surface area contributed by atoms with E-state index in [-0.39, 0.29) is 12.5 Å². The molecule has 2 rings (SSSR count). The van der Waals surface area contributed by atoms with Gasteiger partial charge in [0.15, 0.2) is 0 Å². The van der Waals surface area contributed by atoms with Crippen molar-refractivity contribution in [3.05, 3.63) is 29.6 Å². The number of likely N-dealkylation sites (tertiary alicyclic amines) is 1. The van der Waals surface area contributed by atoms with E-state index in [4.69, 9.17) is 5.11 Å². The van der Waals surface area contributed by atoms with E-state index in [1.54, 1.807) is 13.0 Å². The van der Waals surface area contributed by atoms with E-state index in [9.17, 15) is 14.0 Å². The highest BCUT2D eigenvalue weighted by Gasteiger charge is 2.27. The highest BCUT2D eigenvalue weighted by Crippen LogP contribution is 2.18. The second-order valence-corrected chi connectivity index (χ2v) is 5.33. The van der Waals surface area contributed by atoms with Crippen LogP contribution in [0.5, 0.6) is 0 Å². The summed E-state index contributed by atoms with van der Waals surface area (Å²) in [6, 6.07) is 4.03. The normalized spacial score (nSPS) is 15.9.